The van der Waals surface area contributed by atoms with Gasteiger partial charge in [-0.2, -0.15) is 0 Å². The molecule has 0 saturated carbocycles. The Bertz CT molecular complexity index is 2470. The van der Waals surface area contributed by atoms with E-state index < -0.39 is 0 Å². The summed E-state index contributed by atoms with van der Waals surface area (Å²) in [6.07, 6.45) is 0. The summed E-state index contributed by atoms with van der Waals surface area (Å²) in [6.45, 7) is 0. The van der Waals surface area contributed by atoms with Gasteiger partial charge in [0, 0.05) is 50.5 Å². The Morgan fingerprint density at radius 2 is 0.796 bits per heavy atom. The number of rotatable bonds is 7. The third kappa shape index (κ3) is 5.16. The average Bonchev–Trinajstić information content (AvgIpc) is 3.64. The first-order valence-corrected chi connectivity index (χ1v) is 16.5. The summed E-state index contributed by atoms with van der Waals surface area (Å²) >= 11 is 0. The van der Waals surface area contributed by atoms with E-state index in [0.717, 1.165) is 72.3 Å². The lowest BCUT2D eigenvalue weighted by Crippen LogP contribution is -2.09. The SMILES string of the molecule is c1ccc(N(c2ccccc2)c2cccc(-c3nc4c5cc(N(c6ccccc6)c6ccccc6)ccc5c5ccccc5c4o3)c2)cc1. The summed E-state index contributed by atoms with van der Waals surface area (Å²) < 4.78 is 6.75. The molecule has 1 aromatic heterocycles. The summed E-state index contributed by atoms with van der Waals surface area (Å²) in [5.74, 6) is 0.587. The van der Waals surface area contributed by atoms with Gasteiger partial charge in [0.25, 0.3) is 0 Å². The van der Waals surface area contributed by atoms with Crippen LogP contribution in [0.3, 0.4) is 0 Å². The Morgan fingerprint density at radius 3 is 1.35 bits per heavy atom. The molecule has 49 heavy (non-hydrogen) atoms. The zero-order valence-electron chi connectivity index (χ0n) is 26.6. The van der Waals surface area contributed by atoms with Crippen LogP contribution < -0.4 is 9.80 Å². The van der Waals surface area contributed by atoms with Gasteiger partial charge in [-0.05, 0) is 89.6 Å². The van der Waals surface area contributed by atoms with Crippen LogP contribution in [0.1, 0.15) is 0 Å². The van der Waals surface area contributed by atoms with Gasteiger partial charge in [0.1, 0.15) is 5.52 Å². The molecule has 0 saturated heterocycles. The summed E-state index contributed by atoms with van der Waals surface area (Å²) in [5.41, 5.74) is 8.95. The lowest BCUT2D eigenvalue weighted by molar-refractivity contribution is 0.623. The van der Waals surface area contributed by atoms with E-state index >= 15 is 0 Å². The topological polar surface area (TPSA) is 32.5 Å². The number of nitrogens with zero attached hydrogens (tertiary/aromatic N) is 3. The molecule has 0 aliphatic carbocycles. The molecule has 9 aromatic rings. The van der Waals surface area contributed by atoms with Crippen LogP contribution in [0.5, 0.6) is 0 Å². The number of anilines is 6. The van der Waals surface area contributed by atoms with Crippen molar-refractivity contribution in [2.24, 2.45) is 0 Å². The van der Waals surface area contributed by atoms with Crippen molar-refractivity contribution in [1.29, 1.82) is 0 Å². The Morgan fingerprint density at radius 1 is 0.347 bits per heavy atom. The van der Waals surface area contributed by atoms with Gasteiger partial charge >= 0.3 is 0 Å². The number of hydrogen-bond acceptors (Lipinski definition) is 4. The summed E-state index contributed by atoms with van der Waals surface area (Å²) in [5, 5.41) is 4.37. The van der Waals surface area contributed by atoms with Crippen molar-refractivity contribution < 1.29 is 4.42 Å². The molecule has 0 radical (unpaired) electrons. The van der Waals surface area contributed by atoms with E-state index in [4.69, 9.17) is 9.40 Å². The van der Waals surface area contributed by atoms with Gasteiger partial charge in [0.15, 0.2) is 5.58 Å². The molecule has 0 aliphatic heterocycles. The van der Waals surface area contributed by atoms with Gasteiger partial charge in [-0.15, -0.1) is 0 Å². The van der Waals surface area contributed by atoms with E-state index in [1.807, 2.05) is 24.3 Å². The third-order valence-corrected chi connectivity index (χ3v) is 9.01. The molecule has 0 fully saturated rings. The van der Waals surface area contributed by atoms with Crippen LogP contribution >= 0.6 is 0 Å². The van der Waals surface area contributed by atoms with E-state index in [1.165, 1.54) is 0 Å². The monoisotopic (exact) mass is 629 g/mol. The Kier molecular flexibility index (Phi) is 7.10. The largest absolute Gasteiger partial charge is 0.435 e. The molecule has 0 atom stereocenters. The molecule has 0 spiro atoms. The van der Waals surface area contributed by atoms with Crippen molar-refractivity contribution in [3.8, 4) is 11.5 Å². The molecule has 8 aromatic carbocycles. The molecular weight excluding hydrogens is 599 g/mol. The van der Waals surface area contributed by atoms with Crippen LogP contribution in [-0.2, 0) is 0 Å². The molecule has 0 bridgehead atoms. The number of benzene rings is 8. The highest BCUT2D eigenvalue weighted by molar-refractivity contribution is 6.23. The molecule has 0 N–H and O–H groups in total. The first-order valence-electron chi connectivity index (χ1n) is 16.5. The van der Waals surface area contributed by atoms with Gasteiger partial charge in [-0.25, -0.2) is 4.98 Å². The molecule has 1 heterocycles. The van der Waals surface area contributed by atoms with Gasteiger partial charge in [0.2, 0.25) is 5.89 Å². The van der Waals surface area contributed by atoms with Crippen LogP contribution in [0, 0.1) is 0 Å². The quantitative estimate of drug-likeness (QED) is 0.164. The average molecular weight is 630 g/mol. The Balaban J connectivity index is 1.24. The maximum atomic E-state index is 6.75. The highest BCUT2D eigenvalue weighted by Gasteiger charge is 2.20. The summed E-state index contributed by atoms with van der Waals surface area (Å²) in [6, 6.07) is 65.4. The zero-order chi connectivity index (χ0) is 32.6. The fourth-order valence-corrected chi connectivity index (χ4v) is 6.81. The van der Waals surface area contributed by atoms with Gasteiger partial charge in [-0.1, -0.05) is 109 Å². The van der Waals surface area contributed by atoms with Crippen LogP contribution in [0.2, 0.25) is 0 Å². The van der Waals surface area contributed by atoms with E-state index in [2.05, 4.69) is 174 Å². The zero-order valence-corrected chi connectivity index (χ0v) is 26.6. The fraction of sp³-hybridized carbons (Fsp3) is 0. The van der Waals surface area contributed by atoms with Crippen molar-refractivity contribution >= 4 is 66.8 Å². The predicted octanol–water partition coefficient (Wildman–Crippen LogP) is 12.7. The van der Waals surface area contributed by atoms with Gasteiger partial charge in [-0.3, -0.25) is 0 Å². The van der Waals surface area contributed by atoms with Gasteiger partial charge < -0.3 is 14.2 Å². The van der Waals surface area contributed by atoms with Crippen LogP contribution in [-0.4, -0.2) is 4.98 Å². The van der Waals surface area contributed by atoms with Crippen molar-refractivity contribution in [1.82, 2.24) is 4.98 Å². The van der Waals surface area contributed by atoms with Crippen molar-refractivity contribution in [3.05, 3.63) is 188 Å². The van der Waals surface area contributed by atoms with Crippen molar-refractivity contribution in [3.63, 3.8) is 0 Å². The van der Waals surface area contributed by atoms with E-state index in [1.54, 1.807) is 0 Å². The second kappa shape index (κ2) is 12.2. The number of fused-ring (bicyclic) bond motifs is 6. The fourth-order valence-electron chi connectivity index (χ4n) is 6.81. The van der Waals surface area contributed by atoms with Crippen molar-refractivity contribution in [2.45, 2.75) is 0 Å². The first-order chi connectivity index (χ1) is 24.3. The smallest absolute Gasteiger partial charge is 0.227 e. The second-order valence-corrected chi connectivity index (χ2v) is 12.0. The molecule has 0 amide bonds. The third-order valence-electron chi connectivity index (χ3n) is 9.01. The van der Waals surface area contributed by atoms with Crippen molar-refractivity contribution in [2.75, 3.05) is 9.80 Å². The lowest BCUT2D eigenvalue weighted by atomic mass is 9.99. The predicted molar refractivity (Wildman–Crippen MR) is 204 cm³/mol. The highest BCUT2D eigenvalue weighted by atomic mass is 16.3. The van der Waals surface area contributed by atoms with E-state index in [9.17, 15) is 0 Å². The number of oxazole rings is 1. The van der Waals surface area contributed by atoms with E-state index in [0.29, 0.717) is 5.89 Å². The maximum Gasteiger partial charge on any atom is 0.227 e. The molecule has 4 heteroatoms. The van der Waals surface area contributed by atoms with E-state index in [-0.39, 0.29) is 0 Å². The number of aromatic nitrogens is 1. The number of hydrogen-bond donors (Lipinski definition) is 0. The minimum Gasteiger partial charge on any atom is -0.435 e. The summed E-state index contributed by atoms with van der Waals surface area (Å²) in [4.78, 5) is 9.79. The molecule has 232 valence electrons. The van der Waals surface area contributed by atoms with Crippen LogP contribution in [0.4, 0.5) is 34.1 Å². The normalized spacial score (nSPS) is 11.3. The lowest BCUT2D eigenvalue weighted by Gasteiger charge is -2.25. The van der Waals surface area contributed by atoms with Crippen LogP contribution in [0.15, 0.2) is 192 Å². The van der Waals surface area contributed by atoms with Crippen LogP contribution in [0.25, 0.3) is 44.1 Å². The highest BCUT2D eigenvalue weighted by Crippen LogP contribution is 2.42. The number of para-hydroxylation sites is 4. The molecular formula is C45H31N3O. The maximum absolute atomic E-state index is 6.75. The minimum atomic E-state index is 0.587. The van der Waals surface area contributed by atoms with Gasteiger partial charge in [0.05, 0.1) is 0 Å². The molecule has 4 nitrogen and oxygen atoms in total. The Hall–Kier alpha value is -6.65. The standard InChI is InChI=1S/C45H31N3O/c1-5-17-33(18-6-1)47(34-19-7-2-8-20-34)37-25-15-16-32(30-37)45-46-43-42-31-38(28-29-40(42)39-26-13-14-27-41(39)44(43)49-45)48(35-21-9-3-10-22-35)36-23-11-4-12-24-36/h1-31H. The molecule has 0 aliphatic rings. The second-order valence-electron chi connectivity index (χ2n) is 12.0. The summed E-state index contributed by atoms with van der Waals surface area (Å²) in [7, 11) is 0. The minimum absolute atomic E-state index is 0.587. The first kappa shape index (κ1) is 28.6. The molecule has 0 unspecified atom stereocenters. The molecule has 9 rings (SSSR count). The Labute approximate surface area is 284 Å².